The van der Waals surface area contributed by atoms with Crippen LogP contribution >= 0.6 is 0 Å². The van der Waals surface area contributed by atoms with E-state index in [-0.39, 0.29) is 12.2 Å². The third-order valence-corrected chi connectivity index (χ3v) is 3.98. The molecule has 0 aliphatic carbocycles. The van der Waals surface area contributed by atoms with Crippen LogP contribution in [-0.4, -0.2) is 61.9 Å². The van der Waals surface area contributed by atoms with Crippen molar-refractivity contribution in [2.75, 3.05) is 0 Å². The molecule has 0 radical (unpaired) electrons. The Morgan fingerprint density at radius 3 is 1.53 bits per heavy atom. The Balaban J connectivity index is 3.37. The third-order valence-electron chi connectivity index (χ3n) is 3.98. The maximum Gasteiger partial charge on any atom is 0.460 e. The van der Waals surface area contributed by atoms with Gasteiger partial charge in [0.2, 0.25) is 0 Å². The van der Waals surface area contributed by atoms with E-state index in [1.807, 2.05) is 0 Å². The van der Waals surface area contributed by atoms with Crippen LogP contribution < -0.4 is 0 Å². The topological polar surface area (TPSA) is 43.6 Å². The molecule has 19 heteroatoms. The second kappa shape index (κ2) is 8.11. The second-order valence-corrected chi connectivity index (χ2v) is 6.41. The van der Waals surface area contributed by atoms with Gasteiger partial charge >= 0.3 is 41.7 Å². The fourth-order valence-electron chi connectivity index (χ4n) is 2.05. The molecule has 0 aliphatic rings. The first kappa shape index (κ1) is 28.1. The Kier molecular flexibility index (Phi) is 7.11. The van der Waals surface area contributed by atoms with Crippen LogP contribution in [0.15, 0.2) is 0 Å². The molecule has 188 valence electrons. The van der Waals surface area contributed by atoms with Crippen LogP contribution in [-0.2, 0) is 13.0 Å². The maximum atomic E-state index is 13.7. The molecular formula is C13H11F15N4. The van der Waals surface area contributed by atoms with E-state index < -0.39 is 53.1 Å². The van der Waals surface area contributed by atoms with Crippen molar-refractivity contribution in [2.45, 2.75) is 74.4 Å². The Hall–Kier alpha value is -1.98. The molecule has 0 bridgehead atoms. The number of tetrazole rings is 1. The minimum atomic E-state index is -8.31. The molecule has 0 unspecified atom stereocenters. The molecule has 4 nitrogen and oxygen atoms in total. The summed E-state index contributed by atoms with van der Waals surface area (Å²) < 4.78 is 196. The molecule has 0 spiro atoms. The highest BCUT2D eigenvalue weighted by Crippen LogP contribution is 2.62. The zero-order chi connectivity index (χ0) is 25.6. The zero-order valence-electron chi connectivity index (χ0n) is 15.3. The van der Waals surface area contributed by atoms with Gasteiger partial charge in [-0.2, -0.15) is 70.7 Å². The maximum absolute atomic E-state index is 13.7. The molecule has 0 atom stereocenters. The van der Waals surface area contributed by atoms with Gasteiger partial charge in [0, 0.05) is 6.42 Å². The van der Waals surface area contributed by atoms with Crippen molar-refractivity contribution in [3.8, 4) is 0 Å². The number of aromatic nitrogens is 4. The standard InChI is InChI=1S/C13H11F15N4/c1-2-3-4-6-29-31-32(30-6)5-7(14,15)8(16,17)9(18,19)10(20,21)11(22,23)12(24,25)13(26,27)28/h2-5H2,1H3. The predicted molar refractivity (Wildman–Crippen MR) is 72.2 cm³/mol. The summed E-state index contributed by atoms with van der Waals surface area (Å²) in [5.74, 6) is -47.1. The van der Waals surface area contributed by atoms with Crippen LogP contribution in [0, 0.1) is 0 Å². The number of alkyl halides is 15. The second-order valence-electron chi connectivity index (χ2n) is 6.41. The lowest BCUT2D eigenvalue weighted by atomic mass is 9.91. The number of hydrogen-bond donors (Lipinski definition) is 0. The molecular weight excluding hydrogens is 497 g/mol. The van der Waals surface area contributed by atoms with Gasteiger partial charge < -0.3 is 0 Å². The van der Waals surface area contributed by atoms with Crippen molar-refractivity contribution >= 4 is 0 Å². The smallest absolute Gasteiger partial charge is 0.197 e. The van der Waals surface area contributed by atoms with E-state index in [1.165, 1.54) is 0 Å². The minimum absolute atomic E-state index is 0.0779. The molecule has 1 aromatic rings. The van der Waals surface area contributed by atoms with Crippen molar-refractivity contribution in [2.24, 2.45) is 0 Å². The fraction of sp³-hybridized carbons (Fsp3) is 0.923. The third kappa shape index (κ3) is 4.17. The van der Waals surface area contributed by atoms with Gasteiger partial charge in [-0.25, -0.2) is 0 Å². The van der Waals surface area contributed by atoms with Crippen LogP contribution in [0.3, 0.4) is 0 Å². The van der Waals surface area contributed by atoms with Gasteiger partial charge in [-0.15, -0.1) is 10.2 Å². The monoisotopic (exact) mass is 508 g/mol. The minimum Gasteiger partial charge on any atom is -0.197 e. The largest absolute Gasteiger partial charge is 0.460 e. The summed E-state index contributed by atoms with van der Waals surface area (Å²) >= 11 is 0. The zero-order valence-corrected chi connectivity index (χ0v) is 15.3. The summed E-state index contributed by atoms with van der Waals surface area (Å²) in [5, 5.41) is 8.84. The Labute approximate surface area is 167 Å². The van der Waals surface area contributed by atoms with Gasteiger partial charge in [0.1, 0.15) is 6.54 Å². The summed E-state index contributed by atoms with van der Waals surface area (Å²) in [5.41, 5.74) is 0. The molecule has 0 amide bonds. The molecule has 1 heterocycles. The summed E-state index contributed by atoms with van der Waals surface area (Å²) in [7, 11) is 0. The number of rotatable bonds is 10. The molecule has 0 aromatic carbocycles. The first-order chi connectivity index (χ1) is 14.0. The number of nitrogens with zero attached hydrogens (tertiary/aromatic N) is 4. The van der Waals surface area contributed by atoms with Crippen LogP contribution in [0.5, 0.6) is 0 Å². The molecule has 0 saturated heterocycles. The first-order valence-electron chi connectivity index (χ1n) is 8.11. The normalized spacial score (nSPS) is 15.4. The molecule has 0 fully saturated rings. The van der Waals surface area contributed by atoms with Crippen molar-refractivity contribution in [3.05, 3.63) is 5.82 Å². The van der Waals surface area contributed by atoms with E-state index >= 15 is 0 Å². The highest BCUT2D eigenvalue weighted by atomic mass is 19.4. The van der Waals surface area contributed by atoms with E-state index in [9.17, 15) is 65.9 Å². The van der Waals surface area contributed by atoms with Crippen molar-refractivity contribution in [1.29, 1.82) is 0 Å². The highest BCUT2D eigenvalue weighted by Gasteiger charge is 2.93. The molecule has 0 saturated carbocycles. The SMILES string of the molecule is CCCCc1nnn(CC(F)(F)C(F)(F)C(F)(F)C(F)(F)C(F)(F)C(F)(F)C(F)(F)F)n1. The summed E-state index contributed by atoms with van der Waals surface area (Å²) in [6.07, 6.45) is -6.91. The number of hydrogen-bond acceptors (Lipinski definition) is 3. The molecule has 0 aliphatic heterocycles. The van der Waals surface area contributed by atoms with E-state index in [1.54, 1.807) is 6.92 Å². The van der Waals surface area contributed by atoms with E-state index in [2.05, 4.69) is 15.4 Å². The van der Waals surface area contributed by atoms with Crippen LogP contribution in [0.4, 0.5) is 65.9 Å². The lowest BCUT2D eigenvalue weighted by Crippen LogP contribution is -2.72. The van der Waals surface area contributed by atoms with Gasteiger partial charge in [-0.1, -0.05) is 13.3 Å². The van der Waals surface area contributed by atoms with Gasteiger partial charge in [0.25, 0.3) is 0 Å². The van der Waals surface area contributed by atoms with Crippen LogP contribution in [0.2, 0.25) is 0 Å². The molecule has 1 aromatic heterocycles. The molecule has 32 heavy (non-hydrogen) atoms. The van der Waals surface area contributed by atoms with Crippen molar-refractivity contribution in [3.63, 3.8) is 0 Å². The Morgan fingerprint density at radius 2 is 1.09 bits per heavy atom. The van der Waals surface area contributed by atoms with E-state index in [0.29, 0.717) is 12.8 Å². The van der Waals surface area contributed by atoms with E-state index in [4.69, 9.17) is 0 Å². The number of halogens is 15. The predicted octanol–water partition coefficient (Wildman–Crippen LogP) is 5.39. The Bertz CT molecular complexity index is 783. The van der Waals surface area contributed by atoms with Crippen molar-refractivity contribution < 1.29 is 65.9 Å². The van der Waals surface area contributed by atoms with Gasteiger partial charge in [0.15, 0.2) is 5.82 Å². The van der Waals surface area contributed by atoms with Gasteiger partial charge in [-0.3, -0.25) is 0 Å². The molecule has 0 N–H and O–H groups in total. The van der Waals surface area contributed by atoms with E-state index in [0.717, 1.165) is 0 Å². The van der Waals surface area contributed by atoms with Crippen LogP contribution in [0.1, 0.15) is 25.6 Å². The number of unbranched alkanes of at least 4 members (excludes halogenated alkanes) is 1. The summed E-state index contributed by atoms with van der Waals surface area (Å²) in [6, 6.07) is 0. The lowest BCUT2D eigenvalue weighted by Gasteiger charge is -2.41. The lowest BCUT2D eigenvalue weighted by molar-refractivity contribution is -0.453. The first-order valence-corrected chi connectivity index (χ1v) is 8.11. The fourth-order valence-corrected chi connectivity index (χ4v) is 2.05. The number of aryl methyl sites for hydroxylation is 1. The van der Waals surface area contributed by atoms with Crippen LogP contribution in [0.25, 0.3) is 0 Å². The quantitative estimate of drug-likeness (QED) is 0.399. The van der Waals surface area contributed by atoms with Gasteiger partial charge in [0.05, 0.1) is 0 Å². The van der Waals surface area contributed by atoms with Gasteiger partial charge in [-0.05, 0) is 11.6 Å². The van der Waals surface area contributed by atoms with Crippen molar-refractivity contribution in [1.82, 2.24) is 20.2 Å². The molecule has 1 rings (SSSR count). The highest BCUT2D eigenvalue weighted by molar-refractivity contribution is 5.12. The Morgan fingerprint density at radius 1 is 0.656 bits per heavy atom. The summed E-state index contributed by atoms with van der Waals surface area (Å²) in [6.45, 7) is -1.15. The average molecular weight is 508 g/mol. The summed E-state index contributed by atoms with van der Waals surface area (Å²) in [4.78, 5) is -0.490. The average Bonchev–Trinajstić information content (AvgIpc) is 3.04.